The second-order valence-corrected chi connectivity index (χ2v) is 4.94. The van der Waals surface area contributed by atoms with Crippen LogP contribution in [-0.2, 0) is 4.79 Å². The van der Waals surface area contributed by atoms with Gasteiger partial charge >= 0.3 is 0 Å². The van der Waals surface area contributed by atoms with E-state index in [4.69, 9.17) is 4.74 Å². The molecule has 0 saturated carbocycles. The third kappa shape index (κ3) is 4.88. The van der Waals surface area contributed by atoms with E-state index in [-0.39, 0.29) is 12.5 Å². The predicted octanol–water partition coefficient (Wildman–Crippen LogP) is 3.72. The normalized spacial score (nSPS) is 9.96. The van der Waals surface area contributed by atoms with Gasteiger partial charge < -0.3 is 15.0 Å². The minimum absolute atomic E-state index is 0.00927. The van der Waals surface area contributed by atoms with Crippen LogP contribution in [0.2, 0.25) is 0 Å². The van der Waals surface area contributed by atoms with Gasteiger partial charge in [-0.05, 0) is 43.3 Å². The Kier molecular flexibility index (Phi) is 6.24. The van der Waals surface area contributed by atoms with Crippen molar-refractivity contribution >= 4 is 17.3 Å². The summed E-state index contributed by atoms with van der Waals surface area (Å²) < 4.78 is 5.40. The Morgan fingerprint density at radius 2 is 1.87 bits per heavy atom. The zero-order valence-corrected chi connectivity index (χ0v) is 13.4. The van der Waals surface area contributed by atoms with Gasteiger partial charge in [0.15, 0.2) is 0 Å². The molecule has 0 spiro atoms. The van der Waals surface area contributed by atoms with Gasteiger partial charge in [0.2, 0.25) is 5.91 Å². The van der Waals surface area contributed by atoms with Crippen molar-refractivity contribution in [1.29, 1.82) is 0 Å². The quantitative estimate of drug-likeness (QED) is 0.756. The number of nitrogens with one attached hydrogen (secondary N) is 1. The molecule has 0 atom stereocenters. The first-order chi connectivity index (χ1) is 11.2. The molecule has 0 unspecified atom stereocenters. The van der Waals surface area contributed by atoms with E-state index in [1.807, 2.05) is 61.5 Å². The molecule has 0 aliphatic rings. The Morgan fingerprint density at radius 1 is 1.17 bits per heavy atom. The maximum absolute atomic E-state index is 12.5. The number of para-hydroxylation sites is 1. The number of carbonyl (C=O) groups is 1. The fourth-order valence-electron chi connectivity index (χ4n) is 2.20. The Balaban J connectivity index is 1.97. The summed E-state index contributed by atoms with van der Waals surface area (Å²) in [4.78, 5) is 14.2. The largest absolute Gasteiger partial charge is 0.494 e. The Labute approximate surface area is 137 Å². The maximum atomic E-state index is 12.5. The molecular weight excluding hydrogens is 288 g/mol. The highest BCUT2D eigenvalue weighted by Crippen LogP contribution is 2.16. The molecule has 0 fully saturated rings. The molecule has 0 radical (unpaired) electrons. The van der Waals surface area contributed by atoms with Crippen LogP contribution >= 0.6 is 0 Å². The van der Waals surface area contributed by atoms with E-state index >= 15 is 0 Å². The number of benzene rings is 2. The zero-order valence-electron chi connectivity index (χ0n) is 13.4. The first-order valence-electron chi connectivity index (χ1n) is 7.67. The molecule has 0 heterocycles. The molecule has 23 heavy (non-hydrogen) atoms. The third-order valence-electron chi connectivity index (χ3n) is 3.29. The molecule has 4 heteroatoms. The molecule has 0 aromatic heterocycles. The van der Waals surface area contributed by atoms with Gasteiger partial charge in [-0.2, -0.15) is 0 Å². The molecule has 4 nitrogen and oxygen atoms in total. The SMILES string of the molecule is C=CCN(C(=O)CNc1ccc(OCC)cc1)c1ccccc1. The summed E-state index contributed by atoms with van der Waals surface area (Å²) in [6.45, 7) is 7.01. The number of hydrogen-bond acceptors (Lipinski definition) is 3. The van der Waals surface area contributed by atoms with Gasteiger partial charge in [0.05, 0.1) is 13.2 Å². The van der Waals surface area contributed by atoms with Crippen LogP contribution in [0.25, 0.3) is 0 Å². The first kappa shape index (κ1) is 16.6. The Morgan fingerprint density at radius 3 is 2.48 bits per heavy atom. The van der Waals surface area contributed by atoms with Gasteiger partial charge in [0.25, 0.3) is 0 Å². The van der Waals surface area contributed by atoms with Crippen molar-refractivity contribution in [2.75, 3.05) is 29.9 Å². The third-order valence-corrected chi connectivity index (χ3v) is 3.29. The zero-order chi connectivity index (χ0) is 16.5. The number of ether oxygens (including phenoxy) is 1. The summed E-state index contributed by atoms with van der Waals surface area (Å²) in [7, 11) is 0. The summed E-state index contributed by atoms with van der Waals surface area (Å²) in [5.41, 5.74) is 1.75. The lowest BCUT2D eigenvalue weighted by molar-refractivity contribution is -0.116. The molecule has 0 saturated heterocycles. The number of nitrogens with zero attached hydrogens (tertiary/aromatic N) is 1. The fourth-order valence-corrected chi connectivity index (χ4v) is 2.20. The van der Waals surface area contributed by atoms with E-state index in [0.717, 1.165) is 17.1 Å². The lowest BCUT2D eigenvalue weighted by Crippen LogP contribution is -2.35. The summed E-state index contributed by atoms with van der Waals surface area (Å²) in [5.74, 6) is 0.812. The van der Waals surface area contributed by atoms with Gasteiger partial charge in [0, 0.05) is 17.9 Å². The number of rotatable bonds is 8. The maximum Gasteiger partial charge on any atom is 0.246 e. The van der Waals surface area contributed by atoms with Crippen molar-refractivity contribution in [2.45, 2.75) is 6.92 Å². The van der Waals surface area contributed by atoms with E-state index in [0.29, 0.717) is 13.2 Å². The second kappa shape index (κ2) is 8.63. The van der Waals surface area contributed by atoms with Crippen molar-refractivity contribution < 1.29 is 9.53 Å². The molecule has 2 aromatic carbocycles. The molecule has 120 valence electrons. The van der Waals surface area contributed by atoms with Crippen LogP contribution in [0.3, 0.4) is 0 Å². The fraction of sp³-hybridized carbons (Fsp3) is 0.211. The molecule has 2 rings (SSSR count). The van der Waals surface area contributed by atoms with E-state index in [1.54, 1.807) is 11.0 Å². The summed E-state index contributed by atoms with van der Waals surface area (Å²) in [6, 6.07) is 17.2. The number of hydrogen-bond donors (Lipinski definition) is 1. The number of anilines is 2. The number of amides is 1. The van der Waals surface area contributed by atoms with E-state index in [1.165, 1.54) is 0 Å². The monoisotopic (exact) mass is 310 g/mol. The standard InChI is InChI=1S/C19H22N2O2/c1-3-14-21(17-8-6-5-7-9-17)19(22)15-20-16-10-12-18(13-11-16)23-4-2/h3,5-13,20H,1,4,14-15H2,2H3. The average molecular weight is 310 g/mol. The lowest BCUT2D eigenvalue weighted by atomic mass is 10.2. The smallest absolute Gasteiger partial charge is 0.246 e. The predicted molar refractivity (Wildman–Crippen MR) is 95.1 cm³/mol. The number of carbonyl (C=O) groups excluding carboxylic acids is 1. The average Bonchev–Trinajstić information content (AvgIpc) is 2.60. The summed E-state index contributed by atoms with van der Waals surface area (Å²) >= 11 is 0. The van der Waals surface area contributed by atoms with E-state index < -0.39 is 0 Å². The van der Waals surface area contributed by atoms with Crippen molar-refractivity contribution in [3.05, 3.63) is 67.3 Å². The van der Waals surface area contributed by atoms with Gasteiger partial charge in [0.1, 0.15) is 5.75 Å². The summed E-state index contributed by atoms with van der Waals surface area (Å²) in [6.07, 6.45) is 1.72. The first-order valence-corrected chi connectivity index (χ1v) is 7.67. The highest BCUT2D eigenvalue weighted by Gasteiger charge is 2.13. The van der Waals surface area contributed by atoms with Crippen LogP contribution in [0.4, 0.5) is 11.4 Å². The Hall–Kier alpha value is -2.75. The molecule has 1 N–H and O–H groups in total. The topological polar surface area (TPSA) is 41.6 Å². The van der Waals surface area contributed by atoms with Crippen molar-refractivity contribution in [3.8, 4) is 5.75 Å². The molecular formula is C19H22N2O2. The van der Waals surface area contributed by atoms with Gasteiger partial charge in [-0.15, -0.1) is 6.58 Å². The van der Waals surface area contributed by atoms with Crippen LogP contribution in [-0.4, -0.2) is 25.6 Å². The van der Waals surface area contributed by atoms with Crippen LogP contribution in [0.1, 0.15) is 6.92 Å². The van der Waals surface area contributed by atoms with Crippen molar-refractivity contribution in [2.24, 2.45) is 0 Å². The minimum Gasteiger partial charge on any atom is -0.494 e. The Bertz CT molecular complexity index is 624. The van der Waals surface area contributed by atoms with Crippen LogP contribution in [0, 0.1) is 0 Å². The summed E-state index contributed by atoms with van der Waals surface area (Å²) in [5, 5.41) is 3.14. The lowest BCUT2D eigenvalue weighted by Gasteiger charge is -2.21. The van der Waals surface area contributed by atoms with Crippen LogP contribution < -0.4 is 15.0 Å². The highest BCUT2D eigenvalue weighted by atomic mass is 16.5. The second-order valence-electron chi connectivity index (χ2n) is 4.94. The van der Waals surface area contributed by atoms with E-state index in [2.05, 4.69) is 11.9 Å². The highest BCUT2D eigenvalue weighted by molar-refractivity contribution is 5.96. The molecule has 0 aliphatic heterocycles. The molecule has 0 bridgehead atoms. The minimum atomic E-state index is -0.00927. The molecule has 1 amide bonds. The van der Waals surface area contributed by atoms with Crippen molar-refractivity contribution in [3.63, 3.8) is 0 Å². The molecule has 2 aromatic rings. The molecule has 0 aliphatic carbocycles. The van der Waals surface area contributed by atoms with Gasteiger partial charge in [-0.25, -0.2) is 0 Å². The van der Waals surface area contributed by atoms with Crippen LogP contribution in [0.15, 0.2) is 67.3 Å². The van der Waals surface area contributed by atoms with Crippen LogP contribution in [0.5, 0.6) is 5.75 Å². The van der Waals surface area contributed by atoms with Gasteiger partial charge in [-0.3, -0.25) is 4.79 Å². The van der Waals surface area contributed by atoms with Crippen molar-refractivity contribution in [1.82, 2.24) is 0 Å². The van der Waals surface area contributed by atoms with Gasteiger partial charge in [-0.1, -0.05) is 24.3 Å². The van der Waals surface area contributed by atoms with E-state index in [9.17, 15) is 4.79 Å².